The highest BCUT2D eigenvalue weighted by Gasteiger charge is 2.13. The summed E-state index contributed by atoms with van der Waals surface area (Å²) >= 11 is 5.94. The average molecular weight is 271 g/mol. The number of nitrogen functional groups attached to an aromatic ring is 1. The van der Waals surface area contributed by atoms with Gasteiger partial charge in [0.15, 0.2) is 0 Å². The molecule has 4 nitrogen and oxygen atoms in total. The van der Waals surface area contributed by atoms with E-state index in [0.717, 1.165) is 12.8 Å². The Hall–Kier alpha value is -1.26. The summed E-state index contributed by atoms with van der Waals surface area (Å²) < 4.78 is 0. The van der Waals surface area contributed by atoms with Gasteiger partial charge < -0.3 is 16.2 Å². The summed E-state index contributed by atoms with van der Waals surface area (Å²) in [4.78, 5) is 11.9. The van der Waals surface area contributed by atoms with Crippen LogP contribution in [0.2, 0.25) is 5.02 Å². The number of aliphatic hydroxyl groups is 1. The molecule has 1 rings (SSSR count). The number of hydrogen-bond donors (Lipinski definition) is 3. The van der Waals surface area contributed by atoms with Gasteiger partial charge in [-0.15, -0.1) is 0 Å². The lowest BCUT2D eigenvalue weighted by Crippen LogP contribution is -2.26. The molecule has 5 heteroatoms. The van der Waals surface area contributed by atoms with Gasteiger partial charge in [-0.05, 0) is 30.9 Å². The van der Waals surface area contributed by atoms with Crippen LogP contribution in [0.4, 0.5) is 5.69 Å². The van der Waals surface area contributed by atoms with E-state index in [0.29, 0.717) is 22.8 Å². The maximum Gasteiger partial charge on any atom is 0.254 e. The fourth-order valence-electron chi connectivity index (χ4n) is 1.61. The van der Waals surface area contributed by atoms with Gasteiger partial charge in [-0.1, -0.05) is 24.6 Å². The zero-order valence-corrected chi connectivity index (χ0v) is 11.2. The van der Waals surface area contributed by atoms with Crippen molar-refractivity contribution in [3.05, 3.63) is 28.8 Å². The Morgan fingerprint density at radius 2 is 2.28 bits per heavy atom. The molecular weight excluding hydrogens is 252 g/mol. The van der Waals surface area contributed by atoms with Crippen molar-refractivity contribution in [1.29, 1.82) is 0 Å². The van der Waals surface area contributed by atoms with Gasteiger partial charge in [-0.2, -0.15) is 0 Å². The first-order valence-electron chi connectivity index (χ1n) is 5.99. The Morgan fingerprint density at radius 1 is 1.56 bits per heavy atom. The van der Waals surface area contributed by atoms with Crippen molar-refractivity contribution in [2.24, 2.45) is 5.92 Å². The second kappa shape index (κ2) is 7.24. The third kappa shape index (κ3) is 4.20. The lowest BCUT2D eigenvalue weighted by Gasteiger charge is -2.10. The van der Waals surface area contributed by atoms with Crippen LogP contribution in [0.15, 0.2) is 18.2 Å². The number of halogens is 1. The summed E-state index contributed by atoms with van der Waals surface area (Å²) in [5.74, 6) is 0.00189. The number of amides is 1. The number of carbonyl (C=O) groups is 1. The summed E-state index contributed by atoms with van der Waals surface area (Å²) in [6.07, 6.45) is 1.69. The van der Waals surface area contributed by atoms with Crippen molar-refractivity contribution < 1.29 is 9.90 Å². The van der Waals surface area contributed by atoms with Gasteiger partial charge in [0, 0.05) is 18.8 Å². The molecule has 4 N–H and O–H groups in total. The minimum absolute atomic E-state index is 0.172. The van der Waals surface area contributed by atoms with Crippen molar-refractivity contribution in [2.75, 3.05) is 18.9 Å². The van der Waals surface area contributed by atoms with Gasteiger partial charge in [-0.3, -0.25) is 4.79 Å². The smallest absolute Gasteiger partial charge is 0.254 e. The molecule has 0 aliphatic carbocycles. The molecule has 18 heavy (non-hydrogen) atoms. The molecule has 1 unspecified atom stereocenters. The highest BCUT2D eigenvalue weighted by Crippen LogP contribution is 2.21. The van der Waals surface area contributed by atoms with Gasteiger partial charge in [-0.25, -0.2) is 0 Å². The van der Waals surface area contributed by atoms with Gasteiger partial charge in [0.25, 0.3) is 5.91 Å². The molecule has 0 bridgehead atoms. The summed E-state index contributed by atoms with van der Waals surface area (Å²) in [5, 5.41) is 12.0. The number of nitrogens with two attached hydrogens (primary N) is 1. The largest absolute Gasteiger partial charge is 0.398 e. The minimum Gasteiger partial charge on any atom is -0.398 e. The summed E-state index contributed by atoms with van der Waals surface area (Å²) in [7, 11) is 0. The van der Waals surface area contributed by atoms with E-state index in [1.165, 1.54) is 0 Å². The van der Waals surface area contributed by atoms with Crippen molar-refractivity contribution in [3.8, 4) is 0 Å². The molecule has 0 saturated heterocycles. The van der Waals surface area contributed by atoms with Crippen LogP contribution in [0.1, 0.15) is 30.1 Å². The van der Waals surface area contributed by atoms with E-state index in [4.69, 9.17) is 22.4 Å². The summed E-state index contributed by atoms with van der Waals surface area (Å²) in [6.45, 7) is 2.69. The molecule has 0 fully saturated rings. The van der Waals surface area contributed by atoms with Crippen LogP contribution < -0.4 is 11.1 Å². The first-order valence-corrected chi connectivity index (χ1v) is 6.37. The second-order valence-electron chi connectivity index (χ2n) is 4.39. The van der Waals surface area contributed by atoms with Crippen LogP contribution in [-0.2, 0) is 0 Å². The van der Waals surface area contributed by atoms with Crippen LogP contribution in [0.5, 0.6) is 0 Å². The maximum absolute atomic E-state index is 11.9. The van der Waals surface area contributed by atoms with Crippen molar-refractivity contribution >= 4 is 23.2 Å². The first kappa shape index (κ1) is 14.8. The minimum atomic E-state index is -0.255. The van der Waals surface area contributed by atoms with E-state index in [9.17, 15) is 4.79 Å². The molecule has 0 aliphatic heterocycles. The number of anilines is 1. The molecular formula is C13H19ClN2O2. The van der Waals surface area contributed by atoms with Crippen LogP contribution in [-0.4, -0.2) is 24.2 Å². The molecule has 100 valence electrons. The van der Waals surface area contributed by atoms with E-state index in [1.54, 1.807) is 18.2 Å². The average Bonchev–Trinajstić information content (AvgIpc) is 2.34. The van der Waals surface area contributed by atoms with E-state index in [-0.39, 0.29) is 18.4 Å². The molecule has 0 aliphatic rings. The van der Waals surface area contributed by atoms with Crippen LogP contribution in [0.3, 0.4) is 0 Å². The third-order valence-electron chi connectivity index (χ3n) is 2.74. The maximum atomic E-state index is 11.9. The predicted molar refractivity (Wildman–Crippen MR) is 73.7 cm³/mol. The fourth-order valence-corrected chi connectivity index (χ4v) is 1.88. The van der Waals surface area contributed by atoms with Crippen molar-refractivity contribution in [3.63, 3.8) is 0 Å². The zero-order chi connectivity index (χ0) is 13.5. The zero-order valence-electron chi connectivity index (χ0n) is 10.4. The van der Waals surface area contributed by atoms with E-state index >= 15 is 0 Å². The number of aliphatic hydroxyl groups excluding tert-OH is 1. The van der Waals surface area contributed by atoms with E-state index in [2.05, 4.69) is 5.32 Å². The molecule has 1 amide bonds. The first-order chi connectivity index (χ1) is 8.56. The lowest BCUT2D eigenvalue weighted by atomic mass is 10.1. The predicted octanol–water partition coefficient (Wildman–Crippen LogP) is 2.06. The normalized spacial score (nSPS) is 12.2. The lowest BCUT2D eigenvalue weighted by molar-refractivity contribution is 0.0953. The molecule has 0 spiro atoms. The van der Waals surface area contributed by atoms with E-state index < -0.39 is 0 Å². The number of carbonyl (C=O) groups excluding carboxylic acids is 1. The summed E-state index contributed by atoms with van der Waals surface area (Å²) in [5.41, 5.74) is 6.42. The Balaban J connectivity index is 2.46. The molecule has 0 aromatic heterocycles. The highest BCUT2D eigenvalue weighted by molar-refractivity contribution is 6.34. The number of hydrogen-bond acceptors (Lipinski definition) is 3. The van der Waals surface area contributed by atoms with Crippen LogP contribution >= 0.6 is 11.6 Å². The Kier molecular flexibility index (Phi) is 5.95. The van der Waals surface area contributed by atoms with Crippen molar-refractivity contribution in [1.82, 2.24) is 5.32 Å². The van der Waals surface area contributed by atoms with Gasteiger partial charge >= 0.3 is 0 Å². The Morgan fingerprint density at radius 3 is 2.89 bits per heavy atom. The van der Waals surface area contributed by atoms with Crippen molar-refractivity contribution in [2.45, 2.75) is 19.8 Å². The number of benzene rings is 1. The van der Waals surface area contributed by atoms with E-state index in [1.807, 2.05) is 6.92 Å². The topological polar surface area (TPSA) is 75.3 Å². The van der Waals surface area contributed by atoms with Crippen LogP contribution in [0.25, 0.3) is 0 Å². The highest BCUT2D eigenvalue weighted by atomic mass is 35.5. The summed E-state index contributed by atoms with van der Waals surface area (Å²) in [6, 6.07) is 4.99. The number of rotatable bonds is 6. The third-order valence-corrected chi connectivity index (χ3v) is 3.06. The molecule has 1 aromatic rings. The quantitative estimate of drug-likeness (QED) is 0.547. The monoisotopic (exact) mass is 270 g/mol. The van der Waals surface area contributed by atoms with Gasteiger partial charge in [0.2, 0.25) is 0 Å². The number of nitrogens with one attached hydrogen (secondary N) is 1. The standard InChI is InChI=1S/C13H19ClN2O2/c1-9(8-17)4-3-7-16-13(18)12-10(14)5-2-6-11(12)15/h2,5-6,9,17H,3-4,7-8,15H2,1H3,(H,16,18). The molecule has 0 heterocycles. The molecule has 1 aromatic carbocycles. The SMILES string of the molecule is CC(CO)CCCNC(=O)c1c(N)cccc1Cl. The fraction of sp³-hybridized carbons (Fsp3) is 0.462. The van der Waals surface area contributed by atoms with Gasteiger partial charge in [0.1, 0.15) is 0 Å². The molecule has 0 radical (unpaired) electrons. The Bertz CT molecular complexity index is 390. The second-order valence-corrected chi connectivity index (χ2v) is 4.80. The van der Waals surface area contributed by atoms with Gasteiger partial charge in [0.05, 0.1) is 10.6 Å². The Labute approximate surface area is 112 Å². The van der Waals surface area contributed by atoms with Crippen LogP contribution in [0, 0.1) is 5.92 Å². The molecule has 1 atom stereocenters. The molecule has 0 saturated carbocycles.